The summed E-state index contributed by atoms with van der Waals surface area (Å²) in [5, 5.41) is 2.72. The maximum atomic E-state index is 12.8. The Morgan fingerprint density at radius 3 is 2.22 bits per heavy atom. The summed E-state index contributed by atoms with van der Waals surface area (Å²) in [6.07, 6.45) is 0.227. The Bertz CT molecular complexity index is 1080. The first-order valence-electron chi connectivity index (χ1n) is 10.2. The zero-order valence-corrected chi connectivity index (χ0v) is 17.4. The topological polar surface area (TPSA) is 102 Å². The number of amides is 2. The Hall–Kier alpha value is -3.94. The number of carbonyl (C=O) groups is 4. The summed E-state index contributed by atoms with van der Waals surface area (Å²) in [6.45, 7) is 0.00155. The van der Waals surface area contributed by atoms with Crippen LogP contribution in [0, 0.1) is 0 Å². The van der Waals surface area contributed by atoms with Crippen LogP contribution < -0.4 is 5.32 Å². The van der Waals surface area contributed by atoms with Crippen LogP contribution in [0.4, 0.5) is 0 Å². The lowest BCUT2D eigenvalue weighted by molar-refractivity contribution is -0.155. The first-order valence-corrected chi connectivity index (χ1v) is 10.2. The van der Waals surface area contributed by atoms with Crippen LogP contribution in [0.2, 0.25) is 0 Å². The molecular weight excluding hydrogens is 412 g/mol. The molecule has 0 saturated carbocycles. The van der Waals surface area contributed by atoms with Crippen molar-refractivity contribution in [2.75, 3.05) is 7.11 Å². The monoisotopic (exact) mass is 434 g/mol. The Morgan fingerprint density at radius 1 is 0.969 bits per heavy atom. The summed E-state index contributed by atoms with van der Waals surface area (Å²) in [7, 11) is 1.21. The lowest BCUT2D eigenvalue weighted by atomic mass is 9.93. The van der Waals surface area contributed by atoms with E-state index in [1.165, 1.54) is 12.0 Å². The van der Waals surface area contributed by atoms with Crippen molar-refractivity contribution in [1.82, 2.24) is 10.2 Å². The normalized spacial score (nSPS) is 19.2. The van der Waals surface area contributed by atoms with Gasteiger partial charge < -0.3 is 14.8 Å². The van der Waals surface area contributed by atoms with E-state index in [-0.39, 0.29) is 36.6 Å². The molecule has 8 heteroatoms. The van der Waals surface area contributed by atoms with Gasteiger partial charge in [0.2, 0.25) is 5.91 Å². The second-order valence-corrected chi connectivity index (χ2v) is 7.57. The molecule has 2 atom stereocenters. The number of carbonyl (C=O) groups excluding carboxylic acids is 4. The highest BCUT2D eigenvalue weighted by molar-refractivity contribution is 6.08. The van der Waals surface area contributed by atoms with Crippen molar-refractivity contribution < 1.29 is 28.7 Å². The number of benzene rings is 2. The molecule has 8 nitrogen and oxygen atoms in total. The van der Waals surface area contributed by atoms with E-state index in [1.807, 2.05) is 48.5 Å². The Kier molecular flexibility index (Phi) is 6.02. The molecule has 2 heterocycles. The third-order valence-electron chi connectivity index (χ3n) is 5.52. The average Bonchev–Trinajstić information content (AvgIpc) is 3.18. The van der Waals surface area contributed by atoms with Gasteiger partial charge in [0.1, 0.15) is 18.3 Å². The van der Waals surface area contributed by atoms with Gasteiger partial charge in [0, 0.05) is 6.42 Å². The molecular formula is C24H22N2O6. The molecule has 2 aromatic carbocycles. The van der Waals surface area contributed by atoms with E-state index in [0.29, 0.717) is 0 Å². The van der Waals surface area contributed by atoms with Crippen molar-refractivity contribution in [3.63, 3.8) is 0 Å². The number of methoxy groups -OCH3 is 1. The van der Waals surface area contributed by atoms with E-state index < -0.39 is 29.9 Å². The number of nitrogens with one attached hydrogen (secondary N) is 1. The lowest BCUT2D eigenvalue weighted by Gasteiger charge is -2.43. The molecule has 0 aliphatic carbocycles. The van der Waals surface area contributed by atoms with E-state index in [1.54, 1.807) is 12.1 Å². The quantitative estimate of drug-likeness (QED) is 0.524. The predicted octanol–water partition coefficient (Wildman–Crippen LogP) is 1.50. The van der Waals surface area contributed by atoms with Gasteiger partial charge in [-0.2, -0.15) is 0 Å². The fourth-order valence-electron chi connectivity index (χ4n) is 3.96. The van der Waals surface area contributed by atoms with Crippen LogP contribution in [-0.2, 0) is 41.7 Å². The number of rotatable bonds is 7. The third-order valence-corrected chi connectivity index (χ3v) is 5.52. The first-order chi connectivity index (χ1) is 15.5. The lowest BCUT2D eigenvalue weighted by Crippen LogP contribution is -2.68. The van der Waals surface area contributed by atoms with Crippen LogP contribution in [-0.4, -0.2) is 47.8 Å². The molecule has 4 rings (SSSR count). The van der Waals surface area contributed by atoms with Gasteiger partial charge in [-0.05, 0) is 11.1 Å². The molecule has 0 bridgehead atoms. The largest absolute Gasteiger partial charge is 0.466 e. The number of hydrogen-bond donors (Lipinski definition) is 1. The number of esters is 2. The molecule has 2 aromatic rings. The Labute approximate surface area is 184 Å². The number of fused-ring (bicyclic) bond motifs is 1. The van der Waals surface area contributed by atoms with E-state index >= 15 is 0 Å². The fourth-order valence-corrected chi connectivity index (χ4v) is 3.96. The number of nitrogens with zero attached hydrogens (tertiary/aromatic N) is 1. The van der Waals surface area contributed by atoms with Crippen molar-refractivity contribution in [2.45, 2.75) is 31.5 Å². The van der Waals surface area contributed by atoms with Crippen LogP contribution in [0.3, 0.4) is 0 Å². The summed E-state index contributed by atoms with van der Waals surface area (Å²) in [4.78, 5) is 51.5. The van der Waals surface area contributed by atoms with Crippen LogP contribution in [0.25, 0.3) is 0 Å². The maximum Gasteiger partial charge on any atom is 0.355 e. The average molecular weight is 434 g/mol. The summed E-state index contributed by atoms with van der Waals surface area (Å²) >= 11 is 0. The molecule has 2 aliphatic rings. The summed E-state index contributed by atoms with van der Waals surface area (Å²) in [6, 6.07) is 16.9. The summed E-state index contributed by atoms with van der Waals surface area (Å²) in [5.41, 5.74) is 1.55. The molecule has 1 saturated heterocycles. The number of ether oxygens (including phenoxy) is 2. The SMILES string of the molecule is COC(=O)C1=C(C(=O)OCc2ccccc2)N2C(=O)[C@@H](NC(=O)Cc3ccccc3)[C@H]2C1. The zero-order chi connectivity index (χ0) is 22.7. The van der Waals surface area contributed by atoms with Crippen molar-refractivity contribution >= 4 is 23.8 Å². The second kappa shape index (κ2) is 9.05. The predicted molar refractivity (Wildman–Crippen MR) is 113 cm³/mol. The van der Waals surface area contributed by atoms with Gasteiger partial charge in [-0.25, -0.2) is 9.59 Å². The van der Waals surface area contributed by atoms with Crippen molar-refractivity contribution in [2.24, 2.45) is 0 Å². The summed E-state index contributed by atoms with van der Waals surface area (Å²) < 4.78 is 10.1. The Balaban J connectivity index is 1.45. The number of β-lactam (4-membered cyclic amide) rings is 1. The third kappa shape index (κ3) is 4.12. The van der Waals surface area contributed by atoms with Gasteiger partial charge in [-0.1, -0.05) is 60.7 Å². The highest BCUT2D eigenvalue weighted by Gasteiger charge is 2.57. The maximum absolute atomic E-state index is 12.8. The Morgan fingerprint density at radius 2 is 1.59 bits per heavy atom. The minimum absolute atomic E-state index is 0.00155. The van der Waals surface area contributed by atoms with Crippen molar-refractivity contribution in [3.8, 4) is 0 Å². The molecule has 0 unspecified atom stereocenters. The smallest absolute Gasteiger partial charge is 0.355 e. The van der Waals surface area contributed by atoms with Gasteiger partial charge in [-0.15, -0.1) is 0 Å². The summed E-state index contributed by atoms with van der Waals surface area (Å²) in [5.74, 6) is -2.25. The molecule has 0 spiro atoms. The van der Waals surface area contributed by atoms with Gasteiger partial charge >= 0.3 is 11.9 Å². The molecule has 2 aliphatic heterocycles. The van der Waals surface area contributed by atoms with E-state index in [2.05, 4.69) is 5.32 Å². The van der Waals surface area contributed by atoms with Crippen LogP contribution in [0.15, 0.2) is 71.9 Å². The molecule has 164 valence electrons. The number of hydrogen-bond acceptors (Lipinski definition) is 6. The first kappa shape index (κ1) is 21.3. The molecule has 32 heavy (non-hydrogen) atoms. The van der Waals surface area contributed by atoms with Gasteiger partial charge in [0.15, 0.2) is 0 Å². The molecule has 0 aromatic heterocycles. The van der Waals surface area contributed by atoms with Crippen molar-refractivity contribution in [1.29, 1.82) is 0 Å². The van der Waals surface area contributed by atoms with Crippen LogP contribution in [0.1, 0.15) is 17.5 Å². The second-order valence-electron chi connectivity index (χ2n) is 7.57. The minimum Gasteiger partial charge on any atom is -0.466 e. The minimum atomic E-state index is -0.815. The highest BCUT2D eigenvalue weighted by Crippen LogP contribution is 2.39. The van der Waals surface area contributed by atoms with Crippen molar-refractivity contribution in [3.05, 3.63) is 83.1 Å². The highest BCUT2D eigenvalue weighted by atomic mass is 16.5. The molecule has 1 N–H and O–H groups in total. The fraction of sp³-hybridized carbons (Fsp3) is 0.250. The van der Waals surface area contributed by atoms with E-state index in [4.69, 9.17) is 9.47 Å². The van der Waals surface area contributed by atoms with Gasteiger partial charge in [-0.3, -0.25) is 14.5 Å². The molecule has 0 radical (unpaired) electrons. The molecule has 2 amide bonds. The van der Waals surface area contributed by atoms with Crippen LogP contribution >= 0.6 is 0 Å². The molecule has 1 fully saturated rings. The van der Waals surface area contributed by atoms with Crippen LogP contribution in [0.5, 0.6) is 0 Å². The standard InChI is InChI=1S/C24H22N2O6/c1-31-23(29)17-13-18-20(25-19(27)12-15-8-4-2-5-9-15)22(28)26(18)21(17)24(30)32-14-16-10-6-3-7-11-16/h2-11,18,20H,12-14H2,1H3,(H,25,27)/t18-,20+/m1/s1. The van der Waals surface area contributed by atoms with Gasteiger partial charge in [0.25, 0.3) is 5.91 Å². The van der Waals surface area contributed by atoms with E-state index in [0.717, 1.165) is 11.1 Å². The van der Waals surface area contributed by atoms with Gasteiger partial charge in [0.05, 0.1) is 25.1 Å². The van der Waals surface area contributed by atoms with E-state index in [9.17, 15) is 19.2 Å². The zero-order valence-electron chi connectivity index (χ0n) is 17.4.